The van der Waals surface area contributed by atoms with Gasteiger partial charge in [0.05, 0.1) is 6.61 Å². The Balaban J connectivity index is 2.28. The lowest BCUT2D eigenvalue weighted by atomic mass is 9.82. The Morgan fingerprint density at radius 2 is 1.70 bits per heavy atom. The van der Waals surface area contributed by atoms with Crippen LogP contribution in [-0.4, -0.2) is 26.3 Å². The van der Waals surface area contributed by atoms with Gasteiger partial charge in [-0.2, -0.15) is 0 Å². The molecule has 114 valence electrons. The molecule has 0 aliphatic carbocycles. The molecule has 0 aliphatic heterocycles. The van der Waals surface area contributed by atoms with Crippen molar-refractivity contribution < 1.29 is 9.47 Å². The fourth-order valence-corrected chi connectivity index (χ4v) is 1.70. The number of ether oxygens (including phenoxy) is 2. The van der Waals surface area contributed by atoms with Crippen molar-refractivity contribution in [1.29, 1.82) is 0 Å². The average Bonchev–Trinajstić information content (AvgIpc) is 2.39. The molecule has 0 aliphatic rings. The Labute approximate surface area is 123 Å². The Kier molecular flexibility index (Phi) is 6.86. The largest absolute Gasteiger partial charge is 0.490 e. The highest BCUT2D eigenvalue weighted by Crippen LogP contribution is 2.26. The van der Waals surface area contributed by atoms with E-state index in [1.165, 1.54) is 0 Å². The van der Waals surface area contributed by atoms with E-state index in [1.807, 2.05) is 31.2 Å². The highest BCUT2D eigenvalue weighted by Gasteiger charge is 2.18. The number of rotatable bonds is 8. The fraction of sp³-hybridized carbons (Fsp3) is 0.647. The maximum Gasteiger partial charge on any atom is 0.161 e. The van der Waals surface area contributed by atoms with E-state index < -0.39 is 0 Å². The van der Waals surface area contributed by atoms with Crippen molar-refractivity contribution in [1.82, 2.24) is 5.32 Å². The highest BCUT2D eigenvalue weighted by molar-refractivity contribution is 5.39. The van der Waals surface area contributed by atoms with E-state index in [1.54, 1.807) is 0 Å². The second kappa shape index (κ2) is 8.15. The number of para-hydroxylation sites is 2. The predicted molar refractivity (Wildman–Crippen MR) is 84.6 cm³/mol. The third-order valence-electron chi connectivity index (χ3n) is 3.61. The standard InChI is InChI=1S/C17H29NO2/c1-6-19-15-9-7-8-10-16(15)20-12-11-18-13-14(2)17(3,4)5/h7-10,14,18H,6,11-13H2,1-5H3. The van der Waals surface area contributed by atoms with Crippen molar-refractivity contribution in [2.75, 3.05) is 26.3 Å². The molecular weight excluding hydrogens is 250 g/mol. The molecule has 0 aromatic heterocycles. The Hall–Kier alpha value is -1.22. The molecular formula is C17H29NO2. The summed E-state index contributed by atoms with van der Waals surface area (Å²) < 4.78 is 11.3. The lowest BCUT2D eigenvalue weighted by molar-refractivity contribution is 0.239. The number of hydrogen-bond donors (Lipinski definition) is 1. The van der Waals surface area contributed by atoms with Crippen LogP contribution in [0.25, 0.3) is 0 Å². The monoisotopic (exact) mass is 279 g/mol. The van der Waals surface area contributed by atoms with Crippen molar-refractivity contribution in [2.45, 2.75) is 34.6 Å². The van der Waals surface area contributed by atoms with Gasteiger partial charge in [0.15, 0.2) is 11.5 Å². The van der Waals surface area contributed by atoms with E-state index in [0.717, 1.165) is 24.6 Å². The van der Waals surface area contributed by atoms with Crippen LogP contribution in [0.4, 0.5) is 0 Å². The summed E-state index contributed by atoms with van der Waals surface area (Å²) in [4.78, 5) is 0. The van der Waals surface area contributed by atoms with Crippen molar-refractivity contribution in [3.05, 3.63) is 24.3 Å². The SMILES string of the molecule is CCOc1ccccc1OCCNCC(C)C(C)(C)C. The fourth-order valence-electron chi connectivity index (χ4n) is 1.70. The van der Waals surface area contributed by atoms with Crippen LogP contribution in [0.5, 0.6) is 11.5 Å². The van der Waals surface area contributed by atoms with Gasteiger partial charge < -0.3 is 14.8 Å². The first-order valence-electron chi connectivity index (χ1n) is 7.50. The molecule has 0 heterocycles. The maximum atomic E-state index is 5.77. The van der Waals surface area contributed by atoms with Crippen molar-refractivity contribution >= 4 is 0 Å². The summed E-state index contributed by atoms with van der Waals surface area (Å²) in [6.07, 6.45) is 0. The molecule has 1 rings (SSSR count). The third kappa shape index (κ3) is 5.83. The van der Waals surface area contributed by atoms with Crippen LogP contribution in [0.1, 0.15) is 34.6 Å². The topological polar surface area (TPSA) is 30.5 Å². The van der Waals surface area contributed by atoms with Gasteiger partial charge in [-0.05, 0) is 36.9 Å². The summed E-state index contributed by atoms with van der Waals surface area (Å²) in [7, 11) is 0. The Morgan fingerprint density at radius 1 is 1.10 bits per heavy atom. The van der Waals surface area contributed by atoms with Crippen molar-refractivity contribution in [3.8, 4) is 11.5 Å². The molecule has 0 saturated carbocycles. The van der Waals surface area contributed by atoms with Crippen molar-refractivity contribution in [2.24, 2.45) is 11.3 Å². The van der Waals surface area contributed by atoms with Gasteiger partial charge in [-0.1, -0.05) is 39.8 Å². The first kappa shape index (κ1) is 16.8. The molecule has 1 aromatic rings. The zero-order chi connectivity index (χ0) is 15.0. The summed E-state index contributed by atoms with van der Waals surface area (Å²) >= 11 is 0. The molecule has 0 bridgehead atoms. The minimum absolute atomic E-state index is 0.343. The van der Waals surface area contributed by atoms with Gasteiger partial charge >= 0.3 is 0 Å². The molecule has 3 heteroatoms. The summed E-state index contributed by atoms with van der Waals surface area (Å²) in [5, 5.41) is 3.45. The van der Waals surface area contributed by atoms with E-state index in [2.05, 4.69) is 33.0 Å². The minimum atomic E-state index is 0.343. The van der Waals surface area contributed by atoms with Gasteiger partial charge in [-0.15, -0.1) is 0 Å². The zero-order valence-corrected chi connectivity index (χ0v) is 13.5. The highest BCUT2D eigenvalue weighted by atomic mass is 16.5. The smallest absolute Gasteiger partial charge is 0.161 e. The van der Waals surface area contributed by atoms with E-state index in [0.29, 0.717) is 24.5 Å². The molecule has 0 amide bonds. The second-order valence-corrected chi connectivity index (χ2v) is 6.20. The minimum Gasteiger partial charge on any atom is -0.490 e. The molecule has 1 N–H and O–H groups in total. The van der Waals surface area contributed by atoms with Gasteiger partial charge in [-0.25, -0.2) is 0 Å². The molecule has 3 nitrogen and oxygen atoms in total. The molecule has 0 fully saturated rings. The van der Waals surface area contributed by atoms with E-state index >= 15 is 0 Å². The zero-order valence-electron chi connectivity index (χ0n) is 13.5. The van der Waals surface area contributed by atoms with Crippen LogP contribution in [0, 0.1) is 11.3 Å². The summed E-state index contributed by atoms with van der Waals surface area (Å²) in [6, 6.07) is 7.81. The van der Waals surface area contributed by atoms with E-state index in [-0.39, 0.29) is 0 Å². The summed E-state index contributed by atoms with van der Waals surface area (Å²) in [6.45, 7) is 14.2. The van der Waals surface area contributed by atoms with Gasteiger partial charge in [-0.3, -0.25) is 0 Å². The average molecular weight is 279 g/mol. The van der Waals surface area contributed by atoms with Gasteiger partial charge in [0.1, 0.15) is 6.61 Å². The van der Waals surface area contributed by atoms with Crippen LogP contribution in [0.2, 0.25) is 0 Å². The molecule has 0 radical (unpaired) electrons. The van der Waals surface area contributed by atoms with Crippen LogP contribution in [-0.2, 0) is 0 Å². The van der Waals surface area contributed by atoms with Gasteiger partial charge in [0, 0.05) is 6.54 Å². The van der Waals surface area contributed by atoms with E-state index in [9.17, 15) is 0 Å². The second-order valence-electron chi connectivity index (χ2n) is 6.20. The molecule has 0 spiro atoms. The van der Waals surface area contributed by atoms with Crippen LogP contribution >= 0.6 is 0 Å². The predicted octanol–water partition coefficient (Wildman–Crippen LogP) is 3.74. The normalized spacial score (nSPS) is 13.1. The Bertz CT molecular complexity index is 385. The van der Waals surface area contributed by atoms with E-state index in [4.69, 9.17) is 9.47 Å². The number of nitrogens with one attached hydrogen (secondary N) is 1. The third-order valence-corrected chi connectivity index (χ3v) is 3.61. The molecule has 1 aromatic carbocycles. The van der Waals surface area contributed by atoms with Gasteiger partial charge in [0.25, 0.3) is 0 Å². The van der Waals surface area contributed by atoms with Crippen LogP contribution < -0.4 is 14.8 Å². The molecule has 20 heavy (non-hydrogen) atoms. The van der Waals surface area contributed by atoms with Crippen LogP contribution in [0.3, 0.4) is 0 Å². The lowest BCUT2D eigenvalue weighted by Crippen LogP contribution is -2.32. The quantitative estimate of drug-likeness (QED) is 0.735. The van der Waals surface area contributed by atoms with Gasteiger partial charge in [0.2, 0.25) is 0 Å². The first-order chi connectivity index (χ1) is 9.45. The first-order valence-corrected chi connectivity index (χ1v) is 7.50. The number of benzene rings is 1. The van der Waals surface area contributed by atoms with Crippen molar-refractivity contribution in [3.63, 3.8) is 0 Å². The molecule has 0 saturated heterocycles. The molecule has 1 atom stereocenters. The van der Waals surface area contributed by atoms with Crippen LogP contribution in [0.15, 0.2) is 24.3 Å². The Morgan fingerprint density at radius 3 is 2.25 bits per heavy atom. The lowest BCUT2D eigenvalue weighted by Gasteiger charge is -2.27. The summed E-state index contributed by atoms with van der Waals surface area (Å²) in [5.41, 5.74) is 0.343. The number of hydrogen-bond acceptors (Lipinski definition) is 3. The maximum absolute atomic E-state index is 5.77. The summed E-state index contributed by atoms with van der Waals surface area (Å²) in [5.74, 6) is 2.27. The molecule has 1 unspecified atom stereocenters.